The van der Waals surface area contributed by atoms with E-state index in [1.165, 1.54) is 6.07 Å². The van der Waals surface area contributed by atoms with Crippen LogP contribution >= 0.6 is 0 Å². The van der Waals surface area contributed by atoms with E-state index < -0.39 is 23.6 Å². The Morgan fingerprint density at radius 1 is 1.17 bits per heavy atom. The number of ether oxygens (including phenoxy) is 1. The molecule has 0 radical (unpaired) electrons. The summed E-state index contributed by atoms with van der Waals surface area (Å²) >= 11 is 0. The predicted octanol–water partition coefficient (Wildman–Crippen LogP) is 5.71. The van der Waals surface area contributed by atoms with Gasteiger partial charge >= 0.3 is 6.18 Å². The summed E-state index contributed by atoms with van der Waals surface area (Å²) in [7, 11) is 2.08. The second kappa shape index (κ2) is 9.49. The molecule has 1 aliphatic rings. The lowest BCUT2D eigenvalue weighted by Crippen LogP contribution is -2.38. The molecule has 2 aromatic carbocycles. The maximum Gasteiger partial charge on any atom is 0.419 e. The van der Waals surface area contributed by atoms with Gasteiger partial charge in [0, 0.05) is 22.7 Å². The molecule has 10 heteroatoms. The number of nitrogens with two attached hydrogens (primary N) is 1. The fourth-order valence-electron chi connectivity index (χ4n) is 4.70. The van der Waals surface area contributed by atoms with Gasteiger partial charge in [-0.3, -0.25) is 4.90 Å². The smallest absolute Gasteiger partial charge is 0.419 e. The lowest BCUT2D eigenvalue weighted by molar-refractivity contribution is -0.140. The Kier molecular flexibility index (Phi) is 6.77. The normalized spacial score (nSPS) is 18.6. The van der Waals surface area contributed by atoms with E-state index in [9.17, 15) is 17.6 Å². The molecule has 3 atom stereocenters. The zero-order chi connectivity index (χ0) is 25.5. The second-order valence-electron chi connectivity index (χ2n) is 9.15. The van der Waals surface area contributed by atoms with Gasteiger partial charge in [0.2, 0.25) is 0 Å². The van der Waals surface area contributed by atoms with E-state index in [0.717, 1.165) is 19.4 Å². The standard InChI is InChI=1S/C25H29F4N5O/c1-13(18-10-16(30)11-20(23(18)26)25(27,28)29)31-24-19-12-17(7-8-21(19)32-15(3)33-24)35-14(2)22-6-5-9-34(22)4/h7-8,10-14,22H,5-6,9,30H2,1-4H3,(H,31,32,33)/t13-,14-,22+/m1/s1. The third-order valence-corrected chi connectivity index (χ3v) is 6.47. The number of hydrogen-bond donors (Lipinski definition) is 2. The van der Waals surface area contributed by atoms with Gasteiger partial charge in [0.05, 0.1) is 17.1 Å². The molecule has 0 spiro atoms. The average Bonchev–Trinajstić information content (AvgIpc) is 3.20. The first-order chi connectivity index (χ1) is 16.4. The van der Waals surface area contributed by atoms with Crippen molar-refractivity contribution in [2.45, 2.75) is 58.0 Å². The van der Waals surface area contributed by atoms with Gasteiger partial charge in [-0.25, -0.2) is 14.4 Å². The van der Waals surface area contributed by atoms with Crippen LogP contribution in [0.15, 0.2) is 30.3 Å². The third kappa shape index (κ3) is 5.27. The van der Waals surface area contributed by atoms with Crippen molar-refractivity contribution in [3.8, 4) is 5.75 Å². The van der Waals surface area contributed by atoms with Gasteiger partial charge in [-0.1, -0.05) is 0 Å². The molecule has 6 nitrogen and oxygen atoms in total. The van der Waals surface area contributed by atoms with Crippen LogP contribution in [0.25, 0.3) is 10.9 Å². The predicted molar refractivity (Wildman–Crippen MR) is 128 cm³/mol. The van der Waals surface area contributed by atoms with Crippen LogP contribution in [0.2, 0.25) is 0 Å². The average molecular weight is 492 g/mol. The number of alkyl halides is 3. The molecule has 0 unspecified atom stereocenters. The summed E-state index contributed by atoms with van der Waals surface area (Å²) in [5.41, 5.74) is 4.52. The minimum atomic E-state index is -4.86. The van der Waals surface area contributed by atoms with Crippen LogP contribution in [0.1, 0.15) is 49.7 Å². The van der Waals surface area contributed by atoms with E-state index in [0.29, 0.717) is 40.4 Å². The molecule has 188 valence electrons. The van der Waals surface area contributed by atoms with Gasteiger partial charge in [-0.05, 0) is 77.5 Å². The van der Waals surface area contributed by atoms with E-state index in [1.807, 2.05) is 19.1 Å². The van der Waals surface area contributed by atoms with Gasteiger partial charge < -0.3 is 15.8 Å². The molecule has 0 amide bonds. The second-order valence-corrected chi connectivity index (χ2v) is 9.15. The first-order valence-electron chi connectivity index (χ1n) is 11.5. The zero-order valence-electron chi connectivity index (χ0n) is 20.1. The lowest BCUT2D eigenvalue weighted by Gasteiger charge is -2.27. The van der Waals surface area contributed by atoms with Crippen molar-refractivity contribution in [2.75, 3.05) is 24.6 Å². The van der Waals surface area contributed by atoms with Crippen molar-refractivity contribution < 1.29 is 22.3 Å². The summed E-state index contributed by atoms with van der Waals surface area (Å²) < 4.78 is 60.9. The number of rotatable bonds is 6. The van der Waals surface area contributed by atoms with E-state index >= 15 is 0 Å². The maximum absolute atomic E-state index is 14.8. The molecule has 2 heterocycles. The fraction of sp³-hybridized carbons (Fsp3) is 0.440. The first kappa shape index (κ1) is 25.0. The summed E-state index contributed by atoms with van der Waals surface area (Å²) in [5, 5.41) is 3.67. The van der Waals surface area contributed by atoms with Crippen LogP contribution in [0.5, 0.6) is 5.75 Å². The largest absolute Gasteiger partial charge is 0.489 e. The van der Waals surface area contributed by atoms with Gasteiger partial charge in [-0.2, -0.15) is 13.2 Å². The molecule has 0 bridgehead atoms. The SMILES string of the molecule is Cc1nc(N[C@H](C)c2cc(N)cc(C(F)(F)F)c2F)c2cc(O[C@H](C)[C@@H]3CCCN3C)ccc2n1. The molecule has 1 saturated heterocycles. The number of likely N-dealkylation sites (tertiary alicyclic amines) is 1. The fourth-order valence-corrected chi connectivity index (χ4v) is 4.70. The number of likely N-dealkylation sites (N-methyl/N-ethyl adjacent to an activating group) is 1. The molecule has 1 fully saturated rings. The Morgan fingerprint density at radius 2 is 1.91 bits per heavy atom. The molecule has 1 aliphatic heterocycles. The number of nitrogens with zero attached hydrogens (tertiary/aromatic N) is 3. The molecular weight excluding hydrogens is 462 g/mol. The lowest BCUT2D eigenvalue weighted by atomic mass is 10.0. The number of hydrogen-bond acceptors (Lipinski definition) is 6. The molecule has 35 heavy (non-hydrogen) atoms. The molecule has 4 rings (SSSR count). The number of nitrogen functional groups attached to an aromatic ring is 1. The minimum Gasteiger partial charge on any atom is -0.489 e. The van der Waals surface area contributed by atoms with Crippen LogP contribution in [0, 0.1) is 12.7 Å². The zero-order valence-corrected chi connectivity index (χ0v) is 20.1. The highest BCUT2D eigenvalue weighted by molar-refractivity contribution is 5.90. The summed E-state index contributed by atoms with van der Waals surface area (Å²) in [6.45, 7) is 6.33. The number of halogens is 4. The van der Waals surface area contributed by atoms with Crippen LogP contribution in [0.3, 0.4) is 0 Å². The number of benzene rings is 2. The van der Waals surface area contributed by atoms with Crippen LogP contribution in [-0.4, -0.2) is 40.6 Å². The topological polar surface area (TPSA) is 76.3 Å². The molecule has 0 saturated carbocycles. The van der Waals surface area contributed by atoms with Crippen LogP contribution < -0.4 is 15.8 Å². The van der Waals surface area contributed by atoms with E-state index in [-0.39, 0.29) is 17.4 Å². The first-order valence-corrected chi connectivity index (χ1v) is 11.5. The Labute approximate surface area is 201 Å². The Balaban J connectivity index is 1.66. The molecule has 3 aromatic rings. The third-order valence-electron chi connectivity index (χ3n) is 6.47. The van der Waals surface area contributed by atoms with E-state index in [2.05, 4.69) is 27.2 Å². The van der Waals surface area contributed by atoms with E-state index in [1.54, 1.807) is 19.9 Å². The quantitative estimate of drug-likeness (QED) is 0.340. The van der Waals surface area contributed by atoms with Gasteiger partial charge in [-0.15, -0.1) is 0 Å². The summed E-state index contributed by atoms with van der Waals surface area (Å²) in [6.07, 6.45) is -2.71. The van der Waals surface area contributed by atoms with Crippen molar-refractivity contribution >= 4 is 22.4 Å². The Hall–Kier alpha value is -3.14. The van der Waals surface area contributed by atoms with Crippen molar-refractivity contribution in [3.05, 3.63) is 53.1 Å². The number of anilines is 2. The number of aromatic nitrogens is 2. The highest BCUT2D eigenvalue weighted by Gasteiger charge is 2.36. The molecule has 1 aromatic heterocycles. The summed E-state index contributed by atoms with van der Waals surface area (Å²) in [6, 6.07) is 6.70. The number of fused-ring (bicyclic) bond motifs is 1. The van der Waals surface area contributed by atoms with Crippen molar-refractivity contribution in [1.82, 2.24) is 14.9 Å². The molecule has 3 N–H and O–H groups in total. The van der Waals surface area contributed by atoms with Crippen molar-refractivity contribution in [1.29, 1.82) is 0 Å². The van der Waals surface area contributed by atoms with Gasteiger partial charge in [0.15, 0.2) is 0 Å². The Bertz CT molecular complexity index is 1230. The monoisotopic (exact) mass is 491 g/mol. The van der Waals surface area contributed by atoms with Gasteiger partial charge in [0.1, 0.15) is 29.3 Å². The number of nitrogens with one attached hydrogen (secondary N) is 1. The highest BCUT2D eigenvalue weighted by atomic mass is 19.4. The molecular formula is C25H29F4N5O. The van der Waals surface area contributed by atoms with Gasteiger partial charge in [0.25, 0.3) is 0 Å². The van der Waals surface area contributed by atoms with Crippen LogP contribution in [-0.2, 0) is 6.18 Å². The van der Waals surface area contributed by atoms with Crippen molar-refractivity contribution in [3.63, 3.8) is 0 Å². The maximum atomic E-state index is 14.8. The summed E-state index contributed by atoms with van der Waals surface area (Å²) in [4.78, 5) is 11.2. The summed E-state index contributed by atoms with van der Waals surface area (Å²) in [5.74, 6) is 0.0978. The number of aryl methyl sites for hydroxylation is 1. The highest BCUT2D eigenvalue weighted by Crippen LogP contribution is 2.37. The molecule has 0 aliphatic carbocycles. The minimum absolute atomic E-state index is 0.0381. The van der Waals surface area contributed by atoms with E-state index in [4.69, 9.17) is 10.5 Å². The Morgan fingerprint density at radius 3 is 2.57 bits per heavy atom. The van der Waals surface area contributed by atoms with Crippen molar-refractivity contribution in [2.24, 2.45) is 0 Å². The van der Waals surface area contributed by atoms with Crippen LogP contribution in [0.4, 0.5) is 29.1 Å².